The first-order valence-corrected chi connectivity index (χ1v) is 7.44. The van der Waals surface area contributed by atoms with Crippen LogP contribution in [0.3, 0.4) is 0 Å². The van der Waals surface area contributed by atoms with Crippen molar-refractivity contribution in [2.45, 2.75) is 31.6 Å². The van der Waals surface area contributed by atoms with Crippen molar-refractivity contribution in [1.29, 1.82) is 0 Å². The molecule has 1 aliphatic carbocycles. The van der Waals surface area contributed by atoms with Gasteiger partial charge in [0.2, 0.25) is 0 Å². The first-order chi connectivity index (χ1) is 10.3. The van der Waals surface area contributed by atoms with E-state index >= 15 is 0 Å². The number of aromatic nitrogens is 1. The summed E-state index contributed by atoms with van der Waals surface area (Å²) in [7, 11) is 0. The minimum atomic E-state index is -0.367. The Kier molecular flexibility index (Phi) is 3.74. The molecule has 21 heavy (non-hydrogen) atoms. The Morgan fingerprint density at radius 3 is 2.62 bits per heavy atom. The van der Waals surface area contributed by atoms with Crippen LogP contribution in [-0.2, 0) is 5.41 Å². The number of ketones is 1. The number of pyridine rings is 1. The van der Waals surface area contributed by atoms with E-state index in [9.17, 15) is 4.79 Å². The number of benzene rings is 1. The van der Waals surface area contributed by atoms with Crippen LogP contribution in [-0.4, -0.2) is 17.4 Å². The topological polar surface area (TPSA) is 39.2 Å². The smallest absolute Gasteiger partial charge is 0.175 e. The second kappa shape index (κ2) is 5.68. The van der Waals surface area contributed by atoms with E-state index in [-0.39, 0.29) is 11.2 Å². The van der Waals surface area contributed by atoms with Crippen molar-refractivity contribution in [3.63, 3.8) is 0 Å². The zero-order chi connectivity index (χ0) is 14.7. The summed E-state index contributed by atoms with van der Waals surface area (Å²) in [5.74, 6) is 0.819. The molecule has 1 aliphatic rings. The number of carbonyl (C=O) groups is 1. The third-order valence-electron chi connectivity index (χ3n) is 4.25. The van der Waals surface area contributed by atoms with Crippen LogP contribution in [0.15, 0.2) is 48.8 Å². The van der Waals surface area contributed by atoms with Gasteiger partial charge in [-0.2, -0.15) is 0 Å². The molecule has 1 aromatic carbocycles. The minimum absolute atomic E-state index is 0.161. The van der Waals surface area contributed by atoms with Gasteiger partial charge in [0.1, 0.15) is 5.75 Å². The predicted octanol–water partition coefficient (Wildman–Crippen LogP) is 3.78. The molecule has 1 aromatic heterocycles. The molecule has 3 rings (SSSR count). The molecule has 1 fully saturated rings. The fraction of sp³-hybridized carbons (Fsp3) is 0.333. The second-order valence-electron chi connectivity index (χ2n) is 5.47. The highest BCUT2D eigenvalue weighted by atomic mass is 16.5. The van der Waals surface area contributed by atoms with Crippen LogP contribution in [0.1, 0.15) is 42.1 Å². The average Bonchev–Trinajstić information content (AvgIpc) is 2.48. The van der Waals surface area contributed by atoms with Crippen molar-refractivity contribution in [2.75, 3.05) is 6.61 Å². The van der Waals surface area contributed by atoms with Crippen LogP contribution in [0.25, 0.3) is 0 Å². The molecule has 0 amide bonds. The Labute approximate surface area is 125 Å². The molecule has 1 saturated carbocycles. The van der Waals surface area contributed by atoms with E-state index in [1.165, 1.54) is 0 Å². The zero-order valence-corrected chi connectivity index (χ0v) is 12.2. The van der Waals surface area contributed by atoms with Gasteiger partial charge in [0, 0.05) is 11.8 Å². The first-order valence-electron chi connectivity index (χ1n) is 7.44. The second-order valence-corrected chi connectivity index (χ2v) is 5.47. The van der Waals surface area contributed by atoms with Gasteiger partial charge in [-0.05, 0) is 31.4 Å². The molecule has 0 N–H and O–H groups in total. The van der Waals surface area contributed by atoms with Crippen molar-refractivity contribution in [3.8, 4) is 5.75 Å². The minimum Gasteiger partial charge on any atom is -0.492 e. The molecule has 0 radical (unpaired) electrons. The van der Waals surface area contributed by atoms with Gasteiger partial charge in [-0.1, -0.05) is 36.8 Å². The Balaban J connectivity index is 1.95. The fourth-order valence-corrected chi connectivity index (χ4v) is 3.00. The number of carbonyl (C=O) groups excluding carboxylic acids is 1. The lowest BCUT2D eigenvalue weighted by Crippen LogP contribution is -2.42. The van der Waals surface area contributed by atoms with Gasteiger partial charge in [0.15, 0.2) is 5.78 Å². The summed E-state index contributed by atoms with van der Waals surface area (Å²) in [5, 5.41) is 0. The first kappa shape index (κ1) is 13.8. The number of ether oxygens (including phenoxy) is 1. The molecule has 3 nitrogen and oxygen atoms in total. The fourth-order valence-electron chi connectivity index (χ4n) is 3.00. The van der Waals surface area contributed by atoms with Crippen LogP contribution >= 0.6 is 0 Å². The Morgan fingerprint density at radius 1 is 1.24 bits per heavy atom. The highest BCUT2D eigenvalue weighted by molar-refractivity contribution is 6.04. The van der Waals surface area contributed by atoms with Crippen LogP contribution in [0.2, 0.25) is 0 Å². The summed E-state index contributed by atoms with van der Waals surface area (Å²) in [6.07, 6.45) is 6.22. The van der Waals surface area contributed by atoms with E-state index in [2.05, 4.69) is 17.1 Å². The molecule has 2 aromatic rings. The third-order valence-corrected chi connectivity index (χ3v) is 4.25. The van der Waals surface area contributed by atoms with Gasteiger partial charge >= 0.3 is 0 Å². The Bertz CT molecular complexity index is 633. The normalized spacial score (nSPS) is 16.0. The van der Waals surface area contributed by atoms with Crippen molar-refractivity contribution >= 4 is 5.78 Å². The van der Waals surface area contributed by atoms with Gasteiger partial charge in [0.05, 0.1) is 18.2 Å². The number of Topliss-reactive ketones (excluding diaryl/α,β-unsaturated/α-hetero) is 1. The number of nitrogens with zero attached hydrogens (tertiary/aromatic N) is 1. The lowest BCUT2D eigenvalue weighted by molar-refractivity contribution is 0.0788. The maximum absolute atomic E-state index is 13.0. The molecule has 0 aliphatic heterocycles. The molecular formula is C18H19NO2. The SMILES string of the molecule is CCOc1cncc(C(=O)C2(c3ccccc3)CCC2)c1. The maximum atomic E-state index is 13.0. The maximum Gasteiger partial charge on any atom is 0.175 e. The van der Waals surface area contributed by atoms with E-state index in [1.54, 1.807) is 12.4 Å². The highest BCUT2D eigenvalue weighted by Gasteiger charge is 2.45. The molecule has 1 heterocycles. The largest absolute Gasteiger partial charge is 0.492 e. The Morgan fingerprint density at radius 2 is 2.00 bits per heavy atom. The van der Waals surface area contributed by atoms with Gasteiger partial charge in [-0.25, -0.2) is 0 Å². The van der Waals surface area contributed by atoms with E-state index in [0.717, 1.165) is 24.8 Å². The lowest BCUT2D eigenvalue weighted by Gasteiger charge is -2.41. The van der Waals surface area contributed by atoms with Gasteiger partial charge in [-0.3, -0.25) is 9.78 Å². The highest BCUT2D eigenvalue weighted by Crippen LogP contribution is 2.46. The molecule has 0 bridgehead atoms. The Hall–Kier alpha value is -2.16. The summed E-state index contributed by atoms with van der Waals surface area (Å²) in [6.45, 7) is 2.50. The molecular weight excluding hydrogens is 262 g/mol. The number of rotatable bonds is 5. The number of hydrogen-bond donors (Lipinski definition) is 0. The summed E-state index contributed by atoms with van der Waals surface area (Å²) in [6, 6.07) is 11.9. The van der Waals surface area contributed by atoms with E-state index in [4.69, 9.17) is 4.74 Å². The molecule has 0 unspecified atom stereocenters. The number of hydrogen-bond acceptors (Lipinski definition) is 3. The van der Waals surface area contributed by atoms with Crippen LogP contribution in [0, 0.1) is 0 Å². The van der Waals surface area contributed by atoms with Crippen molar-refractivity contribution < 1.29 is 9.53 Å². The monoisotopic (exact) mass is 281 g/mol. The molecule has 108 valence electrons. The summed E-state index contributed by atoms with van der Waals surface area (Å²) < 4.78 is 5.45. The van der Waals surface area contributed by atoms with Gasteiger partial charge < -0.3 is 4.74 Å². The van der Waals surface area contributed by atoms with Gasteiger partial charge in [0.25, 0.3) is 0 Å². The van der Waals surface area contributed by atoms with E-state index < -0.39 is 0 Å². The van der Waals surface area contributed by atoms with E-state index in [0.29, 0.717) is 17.9 Å². The predicted molar refractivity (Wildman–Crippen MR) is 81.7 cm³/mol. The third kappa shape index (κ3) is 2.44. The molecule has 3 heteroatoms. The lowest BCUT2D eigenvalue weighted by atomic mass is 9.61. The zero-order valence-electron chi connectivity index (χ0n) is 12.2. The standard InChI is InChI=1S/C18H19NO2/c1-2-21-16-11-14(12-19-13-16)17(20)18(9-6-10-18)15-7-4-3-5-8-15/h3-5,7-8,11-13H,2,6,9-10H2,1H3. The summed E-state index contributed by atoms with van der Waals surface area (Å²) in [4.78, 5) is 17.2. The molecule has 0 saturated heterocycles. The van der Waals surface area contributed by atoms with Crippen LogP contribution < -0.4 is 4.74 Å². The van der Waals surface area contributed by atoms with Gasteiger partial charge in [-0.15, -0.1) is 0 Å². The molecule has 0 spiro atoms. The van der Waals surface area contributed by atoms with Crippen LogP contribution in [0.5, 0.6) is 5.75 Å². The average molecular weight is 281 g/mol. The quantitative estimate of drug-likeness (QED) is 0.783. The van der Waals surface area contributed by atoms with Crippen molar-refractivity contribution in [3.05, 3.63) is 59.9 Å². The van der Waals surface area contributed by atoms with Crippen LogP contribution in [0.4, 0.5) is 0 Å². The molecule has 0 atom stereocenters. The van der Waals surface area contributed by atoms with Crippen molar-refractivity contribution in [2.24, 2.45) is 0 Å². The van der Waals surface area contributed by atoms with Crippen molar-refractivity contribution in [1.82, 2.24) is 4.98 Å². The summed E-state index contributed by atoms with van der Waals surface area (Å²) >= 11 is 0. The summed E-state index contributed by atoms with van der Waals surface area (Å²) in [5.41, 5.74) is 1.39. The van der Waals surface area contributed by atoms with E-state index in [1.807, 2.05) is 31.2 Å².